The van der Waals surface area contributed by atoms with Gasteiger partial charge in [0.15, 0.2) is 11.6 Å². The van der Waals surface area contributed by atoms with E-state index in [4.69, 9.17) is 0 Å². The van der Waals surface area contributed by atoms with Crippen molar-refractivity contribution >= 4 is 34.8 Å². The lowest BCUT2D eigenvalue weighted by Crippen LogP contribution is -2.31. The molecule has 0 unspecified atom stereocenters. The van der Waals surface area contributed by atoms with E-state index in [9.17, 15) is 18.4 Å². The summed E-state index contributed by atoms with van der Waals surface area (Å²) in [5, 5.41) is 0. The lowest BCUT2D eigenvalue weighted by Gasteiger charge is -2.15. The highest BCUT2D eigenvalue weighted by molar-refractivity contribution is 8.04. The number of hydrogen-bond acceptors (Lipinski definition) is 3. The molecule has 0 saturated heterocycles. The minimum atomic E-state index is -1.12. The zero-order chi connectivity index (χ0) is 21.4. The minimum Gasteiger partial charge on any atom is -0.268 e. The number of amides is 2. The third-order valence-corrected chi connectivity index (χ3v) is 5.91. The second-order valence-corrected chi connectivity index (χ2v) is 8.07. The van der Waals surface area contributed by atoms with E-state index in [1.165, 1.54) is 17.8 Å². The van der Waals surface area contributed by atoms with Crippen molar-refractivity contribution in [3.63, 3.8) is 0 Å². The summed E-state index contributed by atoms with van der Waals surface area (Å²) in [7, 11) is 0. The predicted molar refractivity (Wildman–Crippen MR) is 114 cm³/mol. The van der Waals surface area contributed by atoms with Crippen LogP contribution in [0.2, 0.25) is 0 Å². The number of carbonyl (C=O) groups excluding carboxylic acids is 2. The smallest absolute Gasteiger partial charge is 0.268 e. The fourth-order valence-corrected chi connectivity index (χ4v) is 4.41. The molecule has 0 bridgehead atoms. The van der Waals surface area contributed by atoms with Gasteiger partial charge in [-0.2, -0.15) is 0 Å². The molecule has 3 nitrogen and oxygen atoms in total. The Labute approximate surface area is 177 Å². The van der Waals surface area contributed by atoms with Gasteiger partial charge >= 0.3 is 0 Å². The number of carbonyl (C=O) groups is 2. The number of benzene rings is 3. The molecule has 0 aromatic heterocycles. The monoisotopic (exact) mass is 421 g/mol. The van der Waals surface area contributed by atoms with E-state index < -0.39 is 23.4 Å². The van der Waals surface area contributed by atoms with Gasteiger partial charge in [0.05, 0.1) is 16.2 Å². The van der Waals surface area contributed by atoms with E-state index in [2.05, 4.69) is 0 Å². The van der Waals surface area contributed by atoms with Crippen molar-refractivity contribution in [1.82, 2.24) is 0 Å². The molecule has 0 radical (unpaired) electrons. The van der Waals surface area contributed by atoms with Gasteiger partial charge in [0.1, 0.15) is 0 Å². The summed E-state index contributed by atoms with van der Waals surface area (Å²) in [5.74, 6) is -3.28. The summed E-state index contributed by atoms with van der Waals surface area (Å²) in [6.07, 6.45) is 0. The predicted octanol–water partition coefficient (Wildman–Crippen LogP) is 5.66. The number of hydrogen-bond donors (Lipinski definition) is 0. The van der Waals surface area contributed by atoms with E-state index in [1.807, 2.05) is 62.4 Å². The van der Waals surface area contributed by atoms with Crippen molar-refractivity contribution in [3.8, 4) is 0 Å². The molecule has 3 aromatic carbocycles. The van der Waals surface area contributed by atoms with Crippen molar-refractivity contribution in [2.24, 2.45) is 0 Å². The number of thioether (sulfide) groups is 1. The van der Waals surface area contributed by atoms with Crippen LogP contribution in [0.5, 0.6) is 0 Å². The van der Waals surface area contributed by atoms with Gasteiger partial charge in [0.2, 0.25) is 0 Å². The van der Waals surface area contributed by atoms with Gasteiger partial charge in [0.25, 0.3) is 11.8 Å². The fraction of sp³-hybridized carbons (Fsp3) is 0.0833. The lowest BCUT2D eigenvalue weighted by molar-refractivity contribution is -0.119. The summed E-state index contributed by atoms with van der Waals surface area (Å²) >= 11 is 1.18. The Kier molecular flexibility index (Phi) is 5.26. The van der Waals surface area contributed by atoms with Crippen molar-refractivity contribution in [2.45, 2.75) is 18.7 Å². The largest absolute Gasteiger partial charge is 0.272 e. The van der Waals surface area contributed by atoms with Gasteiger partial charge in [-0.05, 0) is 49.2 Å². The van der Waals surface area contributed by atoms with Gasteiger partial charge in [-0.15, -0.1) is 0 Å². The van der Waals surface area contributed by atoms with Crippen LogP contribution in [0, 0.1) is 25.5 Å². The number of halogens is 2. The lowest BCUT2D eigenvalue weighted by atomic mass is 9.99. The number of anilines is 1. The molecule has 0 atom stereocenters. The van der Waals surface area contributed by atoms with Crippen LogP contribution < -0.4 is 4.90 Å². The topological polar surface area (TPSA) is 37.4 Å². The molecule has 0 saturated carbocycles. The quantitative estimate of drug-likeness (QED) is 0.510. The number of rotatable bonds is 4. The minimum absolute atomic E-state index is 0.00479. The molecule has 1 heterocycles. The third kappa shape index (κ3) is 3.55. The van der Waals surface area contributed by atoms with E-state index in [0.29, 0.717) is 5.56 Å². The first-order chi connectivity index (χ1) is 14.4. The Morgan fingerprint density at radius 2 is 1.53 bits per heavy atom. The Balaban J connectivity index is 1.86. The molecule has 0 fully saturated rings. The van der Waals surface area contributed by atoms with Gasteiger partial charge in [-0.3, -0.25) is 9.59 Å². The van der Waals surface area contributed by atoms with Crippen LogP contribution in [0.4, 0.5) is 14.5 Å². The normalized spacial score (nSPS) is 14.1. The van der Waals surface area contributed by atoms with E-state index in [-0.39, 0.29) is 16.2 Å². The molecular weight excluding hydrogens is 404 g/mol. The summed E-state index contributed by atoms with van der Waals surface area (Å²) in [5.41, 5.74) is 2.78. The zero-order valence-electron chi connectivity index (χ0n) is 16.3. The van der Waals surface area contributed by atoms with Crippen LogP contribution >= 0.6 is 11.8 Å². The molecule has 30 heavy (non-hydrogen) atoms. The first kappa shape index (κ1) is 20.0. The number of nitrogens with zero attached hydrogens (tertiary/aromatic N) is 1. The highest BCUT2D eigenvalue weighted by Crippen LogP contribution is 2.42. The van der Waals surface area contributed by atoms with Crippen molar-refractivity contribution in [3.05, 3.63) is 100.0 Å². The molecule has 2 amide bonds. The summed E-state index contributed by atoms with van der Waals surface area (Å²) in [4.78, 5) is 28.6. The maximum Gasteiger partial charge on any atom is 0.272 e. The fourth-order valence-electron chi connectivity index (χ4n) is 3.40. The standard InChI is InChI=1S/C24H17F2NO2S/c1-14-8-10-18(15(2)12-14)21-22(30-17-6-4-3-5-7-17)24(29)27(23(21)28)16-9-11-19(25)20(26)13-16/h3-13H,1-2H3. The average Bonchev–Trinajstić information content (AvgIpc) is 2.95. The molecule has 0 aliphatic carbocycles. The molecule has 150 valence electrons. The van der Waals surface area contributed by atoms with Crippen LogP contribution in [-0.4, -0.2) is 11.8 Å². The summed E-state index contributed by atoms with van der Waals surface area (Å²) in [6.45, 7) is 3.82. The SMILES string of the molecule is Cc1ccc(C2=C(Sc3ccccc3)C(=O)N(c3ccc(F)c(F)c3)C2=O)c(C)c1. The van der Waals surface area contributed by atoms with E-state index in [1.54, 1.807) is 0 Å². The van der Waals surface area contributed by atoms with Crippen LogP contribution in [0.1, 0.15) is 16.7 Å². The first-order valence-corrected chi connectivity index (χ1v) is 10.1. The molecule has 1 aliphatic rings. The van der Waals surface area contributed by atoms with Gasteiger partial charge in [0, 0.05) is 11.0 Å². The Morgan fingerprint density at radius 1 is 0.800 bits per heavy atom. The maximum absolute atomic E-state index is 13.8. The zero-order valence-corrected chi connectivity index (χ0v) is 17.1. The van der Waals surface area contributed by atoms with Crippen molar-refractivity contribution < 1.29 is 18.4 Å². The molecule has 6 heteroatoms. The van der Waals surface area contributed by atoms with Crippen LogP contribution in [0.25, 0.3) is 5.57 Å². The molecule has 3 aromatic rings. The second-order valence-electron chi connectivity index (χ2n) is 6.98. The molecule has 0 N–H and O–H groups in total. The molecule has 0 spiro atoms. The second kappa shape index (κ2) is 7.88. The maximum atomic E-state index is 13.8. The third-order valence-electron chi connectivity index (χ3n) is 4.82. The van der Waals surface area contributed by atoms with Gasteiger partial charge in [-0.25, -0.2) is 13.7 Å². The Bertz CT molecular complexity index is 1210. The van der Waals surface area contributed by atoms with Crippen molar-refractivity contribution in [2.75, 3.05) is 4.90 Å². The first-order valence-electron chi connectivity index (χ1n) is 9.25. The van der Waals surface area contributed by atoms with E-state index >= 15 is 0 Å². The van der Waals surface area contributed by atoms with Crippen LogP contribution in [0.15, 0.2) is 76.5 Å². The molecular formula is C24H17F2NO2S. The Morgan fingerprint density at radius 3 is 2.20 bits per heavy atom. The van der Waals surface area contributed by atoms with Crippen LogP contribution in [0.3, 0.4) is 0 Å². The highest BCUT2D eigenvalue weighted by atomic mass is 32.2. The highest BCUT2D eigenvalue weighted by Gasteiger charge is 2.41. The summed E-state index contributed by atoms with van der Waals surface area (Å²) < 4.78 is 27.2. The van der Waals surface area contributed by atoms with Gasteiger partial charge < -0.3 is 0 Å². The number of imide groups is 1. The molecule has 4 rings (SSSR count). The van der Waals surface area contributed by atoms with E-state index in [0.717, 1.165) is 33.1 Å². The average molecular weight is 421 g/mol. The Hall–Kier alpha value is -3.25. The van der Waals surface area contributed by atoms with Gasteiger partial charge in [-0.1, -0.05) is 53.7 Å². The number of aryl methyl sites for hydroxylation is 2. The van der Waals surface area contributed by atoms with Crippen molar-refractivity contribution in [1.29, 1.82) is 0 Å². The van der Waals surface area contributed by atoms with Crippen LogP contribution in [-0.2, 0) is 9.59 Å². The summed E-state index contributed by atoms with van der Waals surface area (Å²) in [6, 6.07) is 17.8. The molecule has 1 aliphatic heterocycles.